The largest absolute Gasteiger partial charge is 0.488 e. The summed E-state index contributed by atoms with van der Waals surface area (Å²) in [5.41, 5.74) is 0.695. The number of nitrogens with one attached hydrogen (secondary N) is 1. The van der Waals surface area contributed by atoms with E-state index in [-0.39, 0.29) is 28.7 Å². The second-order valence-electron chi connectivity index (χ2n) is 7.30. The highest BCUT2D eigenvalue weighted by Gasteiger charge is 2.35. The third-order valence-corrected chi connectivity index (χ3v) is 5.79. The SMILES string of the molecule is O=C1NC(=S)N(c2ccccc2F)C(=O)/C1=C/c1cc(Br)ccc1OCc1ccc([N+](=O)[O-])cc1. The summed E-state index contributed by atoms with van der Waals surface area (Å²) in [6.45, 7) is 0.0847. The van der Waals surface area contributed by atoms with Crippen molar-refractivity contribution in [2.75, 3.05) is 4.90 Å². The topological polar surface area (TPSA) is 102 Å². The smallest absolute Gasteiger partial charge is 0.270 e. The zero-order valence-electron chi connectivity index (χ0n) is 17.7. The van der Waals surface area contributed by atoms with Crippen LogP contribution in [0.2, 0.25) is 0 Å². The van der Waals surface area contributed by atoms with Crippen LogP contribution in [0.5, 0.6) is 5.75 Å². The highest BCUT2D eigenvalue weighted by Crippen LogP contribution is 2.29. The number of non-ortho nitro benzene ring substituents is 1. The van der Waals surface area contributed by atoms with Gasteiger partial charge in [-0.25, -0.2) is 9.29 Å². The summed E-state index contributed by atoms with van der Waals surface area (Å²) >= 11 is 8.47. The van der Waals surface area contributed by atoms with Gasteiger partial charge in [-0.2, -0.15) is 0 Å². The standard InChI is InChI=1S/C24H15BrFN3O5S/c25-16-7-10-21(34-13-14-5-8-17(9-6-14)29(32)33)15(11-16)12-18-22(30)27-24(35)28(23(18)31)20-4-2-1-3-19(20)26/h1-12H,13H2,(H,27,30,35)/b18-12+. The zero-order chi connectivity index (χ0) is 25.1. The molecule has 11 heteroatoms. The van der Waals surface area contributed by atoms with E-state index in [0.29, 0.717) is 21.3 Å². The van der Waals surface area contributed by atoms with Gasteiger partial charge in [0.15, 0.2) is 5.11 Å². The average molecular weight is 556 g/mol. The van der Waals surface area contributed by atoms with Gasteiger partial charge in [-0.3, -0.25) is 25.0 Å². The number of halogens is 2. The van der Waals surface area contributed by atoms with Crippen LogP contribution in [0.1, 0.15) is 11.1 Å². The molecule has 1 fully saturated rings. The summed E-state index contributed by atoms with van der Waals surface area (Å²) in [6.07, 6.45) is 1.34. The van der Waals surface area contributed by atoms with Gasteiger partial charge in [-0.05, 0) is 66.3 Å². The van der Waals surface area contributed by atoms with Crippen molar-refractivity contribution in [1.82, 2.24) is 5.32 Å². The van der Waals surface area contributed by atoms with Gasteiger partial charge in [0.25, 0.3) is 17.5 Å². The van der Waals surface area contributed by atoms with E-state index in [1.807, 2.05) is 0 Å². The number of nitro benzene ring substituents is 1. The number of amides is 2. The first-order chi connectivity index (χ1) is 16.7. The normalized spacial score (nSPS) is 14.7. The lowest BCUT2D eigenvalue weighted by Gasteiger charge is -2.29. The molecular weight excluding hydrogens is 541 g/mol. The molecule has 176 valence electrons. The van der Waals surface area contributed by atoms with Crippen LogP contribution in [0.4, 0.5) is 15.8 Å². The minimum atomic E-state index is -0.787. The number of rotatable bonds is 6. The van der Waals surface area contributed by atoms with Crippen molar-refractivity contribution in [2.45, 2.75) is 6.61 Å². The number of hydrogen-bond acceptors (Lipinski definition) is 6. The fourth-order valence-electron chi connectivity index (χ4n) is 3.30. The lowest BCUT2D eigenvalue weighted by atomic mass is 10.1. The Labute approximate surface area is 212 Å². The number of nitrogens with zero attached hydrogens (tertiary/aromatic N) is 2. The predicted molar refractivity (Wildman–Crippen MR) is 134 cm³/mol. The second-order valence-corrected chi connectivity index (χ2v) is 8.61. The molecule has 1 aliphatic rings. The molecule has 1 aliphatic heterocycles. The van der Waals surface area contributed by atoms with Gasteiger partial charge in [0.05, 0.1) is 10.6 Å². The lowest BCUT2D eigenvalue weighted by Crippen LogP contribution is -2.54. The minimum Gasteiger partial charge on any atom is -0.488 e. The molecule has 4 rings (SSSR count). The molecule has 0 aromatic heterocycles. The Kier molecular flexibility index (Phi) is 6.99. The van der Waals surface area contributed by atoms with Crippen LogP contribution >= 0.6 is 28.1 Å². The molecule has 3 aromatic rings. The molecular formula is C24H15BrFN3O5S. The van der Waals surface area contributed by atoms with Crippen molar-refractivity contribution >= 4 is 62.5 Å². The average Bonchev–Trinajstić information content (AvgIpc) is 2.82. The summed E-state index contributed by atoms with van der Waals surface area (Å²) in [7, 11) is 0. The van der Waals surface area contributed by atoms with Gasteiger partial charge in [0.2, 0.25) is 0 Å². The molecule has 0 saturated carbocycles. The molecule has 0 aliphatic carbocycles. The molecule has 1 heterocycles. The van der Waals surface area contributed by atoms with E-state index in [9.17, 15) is 24.1 Å². The number of benzene rings is 3. The Morgan fingerprint density at radius 1 is 1.11 bits per heavy atom. The molecule has 0 atom stereocenters. The quantitative estimate of drug-likeness (QED) is 0.152. The third-order valence-electron chi connectivity index (χ3n) is 5.01. The maximum Gasteiger partial charge on any atom is 0.270 e. The first-order valence-electron chi connectivity index (χ1n) is 10.1. The number of carbonyl (C=O) groups excluding carboxylic acids is 2. The fourth-order valence-corrected chi connectivity index (χ4v) is 3.96. The molecule has 1 N–H and O–H groups in total. The van der Waals surface area contributed by atoms with E-state index in [0.717, 1.165) is 4.90 Å². The fraction of sp³-hybridized carbons (Fsp3) is 0.0417. The lowest BCUT2D eigenvalue weighted by molar-refractivity contribution is -0.384. The van der Waals surface area contributed by atoms with Gasteiger partial charge < -0.3 is 4.74 Å². The number of thiocarbonyl (C=S) groups is 1. The van der Waals surface area contributed by atoms with Crippen molar-refractivity contribution in [3.8, 4) is 5.75 Å². The van der Waals surface area contributed by atoms with Crippen LogP contribution in [0.25, 0.3) is 6.08 Å². The van der Waals surface area contributed by atoms with Crippen molar-refractivity contribution in [1.29, 1.82) is 0 Å². The first kappa shape index (κ1) is 24.2. The maximum atomic E-state index is 14.4. The Morgan fingerprint density at radius 2 is 1.83 bits per heavy atom. The minimum absolute atomic E-state index is 0.0399. The molecule has 8 nitrogen and oxygen atoms in total. The number of ether oxygens (including phenoxy) is 1. The Hall–Kier alpha value is -3.96. The zero-order valence-corrected chi connectivity index (χ0v) is 20.1. The number of para-hydroxylation sites is 1. The van der Waals surface area contributed by atoms with E-state index >= 15 is 0 Å². The molecule has 2 amide bonds. The van der Waals surface area contributed by atoms with Gasteiger partial charge in [0.1, 0.15) is 23.7 Å². The van der Waals surface area contributed by atoms with Crippen LogP contribution in [0.3, 0.4) is 0 Å². The maximum absolute atomic E-state index is 14.4. The van der Waals surface area contributed by atoms with Crippen molar-refractivity contribution in [3.05, 3.63) is 104 Å². The summed E-state index contributed by atoms with van der Waals surface area (Å²) in [5.74, 6) is -1.84. The molecule has 0 radical (unpaired) electrons. The Morgan fingerprint density at radius 3 is 2.51 bits per heavy atom. The van der Waals surface area contributed by atoms with E-state index in [4.69, 9.17) is 17.0 Å². The molecule has 0 bridgehead atoms. The van der Waals surface area contributed by atoms with Crippen LogP contribution in [-0.2, 0) is 16.2 Å². The van der Waals surface area contributed by atoms with Crippen molar-refractivity contribution < 1.29 is 23.6 Å². The molecule has 0 unspecified atom stereocenters. The van der Waals surface area contributed by atoms with Crippen LogP contribution < -0.4 is 15.0 Å². The second kappa shape index (κ2) is 10.1. The van der Waals surface area contributed by atoms with Gasteiger partial charge >= 0.3 is 0 Å². The predicted octanol–water partition coefficient (Wildman–Crippen LogP) is 4.91. The van der Waals surface area contributed by atoms with Crippen molar-refractivity contribution in [2.24, 2.45) is 0 Å². The molecule has 1 saturated heterocycles. The van der Waals surface area contributed by atoms with E-state index < -0.39 is 22.6 Å². The summed E-state index contributed by atoms with van der Waals surface area (Å²) in [5, 5.41) is 13.0. The van der Waals surface area contributed by atoms with Gasteiger partial charge in [-0.15, -0.1) is 0 Å². The molecule has 3 aromatic carbocycles. The van der Waals surface area contributed by atoms with E-state index in [1.54, 1.807) is 36.4 Å². The number of hydrogen-bond donors (Lipinski definition) is 1. The van der Waals surface area contributed by atoms with Gasteiger partial charge in [0, 0.05) is 22.2 Å². The first-order valence-corrected chi connectivity index (χ1v) is 11.3. The van der Waals surface area contributed by atoms with Crippen LogP contribution in [0, 0.1) is 15.9 Å². The van der Waals surface area contributed by atoms with Gasteiger partial charge in [-0.1, -0.05) is 28.1 Å². The van der Waals surface area contributed by atoms with E-state index in [1.165, 1.54) is 36.4 Å². The summed E-state index contributed by atoms with van der Waals surface area (Å²) in [6, 6.07) is 16.5. The monoisotopic (exact) mass is 555 g/mol. The Bertz CT molecular complexity index is 1390. The Balaban J connectivity index is 1.65. The molecule has 0 spiro atoms. The molecule has 35 heavy (non-hydrogen) atoms. The number of carbonyl (C=O) groups is 2. The van der Waals surface area contributed by atoms with Crippen molar-refractivity contribution in [3.63, 3.8) is 0 Å². The summed E-state index contributed by atoms with van der Waals surface area (Å²) < 4.78 is 20.9. The number of nitro groups is 1. The van der Waals surface area contributed by atoms with Crippen LogP contribution in [0.15, 0.2) is 76.8 Å². The highest BCUT2D eigenvalue weighted by atomic mass is 79.9. The van der Waals surface area contributed by atoms with E-state index in [2.05, 4.69) is 21.2 Å². The van der Waals surface area contributed by atoms with Crippen LogP contribution in [-0.4, -0.2) is 21.9 Å². The highest BCUT2D eigenvalue weighted by molar-refractivity contribution is 9.10. The summed E-state index contributed by atoms with van der Waals surface area (Å²) in [4.78, 5) is 37.1. The third kappa shape index (κ3) is 5.26. The number of anilines is 1.